The molecule has 158 valence electrons. The molecule has 0 saturated heterocycles. The molecule has 0 bridgehead atoms. The molecule has 0 N–H and O–H groups in total. The topological polar surface area (TPSA) is 58.4 Å². The highest BCUT2D eigenvalue weighted by Gasteiger charge is 2.22. The summed E-state index contributed by atoms with van der Waals surface area (Å²) in [4.78, 5) is 0. The van der Waals surface area contributed by atoms with Crippen molar-refractivity contribution in [1.82, 2.24) is 14.8 Å². The van der Waals surface area contributed by atoms with E-state index in [2.05, 4.69) is 29.3 Å². The molecule has 3 aromatic rings. The van der Waals surface area contributed by atoms with E-state index in [9.17, 15) is 0 Å². The largest absolute Gasteiger partial charge is 0.494 e. The monoisotopic (exact) mass is 445 g/mol. The molecule has 0 saturated carbocycles. The van der Waals surface area contributed by atoms with Crippen LogP contribution in [0.5, 0.6) is 17.2 Å². The molecule has 1 unspecified atom stereocenters. The fourth-order valence-electron chi connectivity index (χ4n) is 3.30. The molecule has 30 heavy (non-hydrogen) atoms. The van der Waals surface area contributed by atoms with Gasteiger partial charge in [-0.3, -0.25) is 0 Å². The van der Waals surface area contributed by atoms with Gasteiger partial charge in [0.05, 0.1) is 6.61 Å². The summed E-state index contributed by atoms with van der Waals surface area (Å²) in [5.74, 6) is 4.07. The molecule has 6 nitrogen and oxygen atoms in total. The maximum Gasteiger partial charge on any atom is 0.191 e. The number of ether oxygens (including phenoxy) is 3. The first-order valence-corrected chi connectivity index (χ1v) is 11.2. The lowest BCUT2D eigenvalue weighted by molar-refractivity contribution is 0.254. The van der Waals surface area contributed by atoms with Crippen LogP contribution in [0.25, 0.3) is 0 Å². The van der Waals surface area contributed by atoms with Crippen LogP contribution in [0.2, 0.25) is 5.02 Å². The highest BCUT2D eigenvalue weighted by molar-refractivity contribution is 7.98. The predicted octanol–water partition coefficient (Wildman–Crippen LogP) is 5.06. The van der Waals surface area contributed by atoms with Gasteiger partial charge in [-0.25, -0.2) is 0 Å². The molecular weight excluding hydrogens is 422 g/mol. The molecule has 8 heteroatoms. The Morgan fingerprint density at radius 3 is 2.77 bits per heavy atom. The van der Waals surface area contributed by atoms with Gasteiger partial charge in [0.25, 0.3) is 0 Å². The third-order valence-electron chi connectivity index (χ3n) is 4.84. The van der Waals surface area contributed by atoms with Crippen LogP contribution in [-0.4, -0.2) is 27.5 Å². The van der Waals surface area contributed by atoms with E-state index >= 15 is 0 Å². The average molecular weight is 446 g/mol. The van der Waals surface area contributed by atoms with Crippen molar-refractivity contribution < 1.29 is 14.2 Å². The van der Waals surface area contributed by atoms with Gasteiger partial charge in [0.15, 0.2) is 11.0 Å². The van der Waals surface area contributed by atoms with Crippen molar-refractivity contribution in [2.45, 2.75) is 43.9 Å². The Kier molecular flexibility index (Phi) is 6.39. The Hall–Kier alpha value is -2.38. The van der Waals surface area contributed by atoms with Crippen LogP contribution in [0, 0.1) is 0 Å². The lowest BCUT2D eigenvalue weighted by atomic mass is 10.1. The van der Waals surface area contributed by atoms with Crippen molar-refractivity contribution in [2.24, 2.45) is 7.05 Å². The van der Waals surface area contributed by atoms with Gasteiger partial charge in [-0.1, -0.05) is 23.4 Å². The van der Waals surface area contributed by atoms with E-state index in [1.54, 1.807) is 23.9 Å². The minimum atomic E-state index is 0.208. The number of thioether (sulfide) groups is 1. The molecule has 4 rings (SSSR count). The van der Waals surface area contributed by atoms with Crippen molar-refractivity contribution >= 4 is 23.4 Å². The van der Waals surface area contributed by atoms with Crippen molar-refractivity contribution in [2.75, 3.05) is 6.61 Å². The summed E-state index contributed by atoms with van der Waals surface area (Å²) in [6.07, 6.45) is 1.13. The SMILES string of the molecule is CCOc1cc2c(cc1CSc1nnc(COc3ccc(Cl)cc3)n1C)OC(C)C2. The number of aromatic nitrogens is 3. The lowest BCUT2D eigenvalue weighted by Crippen LogP contribution is -2.05. The number of rotatable bonds is 8. The van der Waals surface area contributed by atoms with E-state index in [-0.39, 0.29) is 6.10 Å². The molecule has 0 aliphatic carbocycles. The summed E-state index contributed by atoms with van der Waals surface area (Å²) >= 11 is 7.52. The lowest BCUT2D eigenvalue weighted by Gasteiger charge is -2.12. The highest BCUT2D eigenvalue weighted by atomic mass is 35.5. The van der Waals surface area contributed by atoms with E-state index < -0.39 is 0 Å². The summed E-state index contributed by atoms with van der Waals surface area (Å²) in [5.41, 5.74) is 2.30. The Labute approximate surface area is 185 Å². The Bertz CT molecular complexity index is 1020. The first-order valence-electron chi connectivity index (χ1n) is 9.88. The Morgan fingerprint density at radius 1 is 1.20 bits per heavy atom. The zero-order valence-corrected chi connectivity index (χ0v) is 18.8. The van der Waals surface area contributed by atoms with Gasteiger partial charge in [-0.05, 0) is 50.2 Å². The van der Waals surface area contributed by atoms with Gasteiger partial charge >= 0.3 is 0 Å². The normalized spacial score (nSPS) is 15.0. The van der Waals surface area contributed by atoms with Crippen molar-refractivity contribution in [3.63, 3.8) is 0 Å². The molecule has 1 atom stereocenters. The number of nitrogens with zero attached hydrogens (tertiary/aromatic N) is 3. The van der Waals surface area contributed by atoms with E-state index in [1.165, 1.54) is 5.56 Å². The molecule has 1 aliphatic heterocycles. The first-order chi connectivity index (χ1) is 14.5. The van der Waals surface area contributed by atoms with Gasteiger partial charge in [0.2, 0.25) is 0 Å². The minimum absolute atomic E-state index is 0.208. The predicted molar refractivity (Wildman–Crippen MR) is 118 cm³/mol. The van der Waals surface area contributed by atoms with Crippen molar-refractivity contribution in [1.29, 1.82) is 0 Å². The van der Waals surface area contributed by atoms with Crippen LogP contribution in [0.4, 0.5) is 0 Å². The summed E-state index contributed by atoms with van der Waals surface area (Å²) < 4.78 is 19.5. The number of hydrogen-bond acceptors (Lipinski definition) is 6. The zero-order valence-electron chi connectivity index (χ0n) is 17.2. The minimum Gasteiger partial charge on any atom is -0.494 e. The number of hydrogen-bond donors (Lipinski definition) is 0. The second-order valence-electron chi connectivity index (χ2n) is 7.12. The fraction of sp³-hybridized carbons (Fsp3) is 0.364. The van der Waals surface area contributed by atoms with Crippen LogP contribution in [0.1, 0.15) is 30.8 Å². The maximum absolute atomic E-state index is 5.92. The van der Waals surface area contributed by atoms with E-state index in [0.717, 1.165) is 40.2 Å². The molecule has 1 aliphatic rings. The average Bonchev–Trinajstić information content (AvgIpc) is 3.27. The summed E-state index contributed by atoms with van der Waals surface area (Å²) in [7, 11) is 1.94. The number of benzene rings is 2. The van der Waals surface area contributed by atoms with E-state index in [1.807, 2.05) is 30.7 Å². The van der Waals surface area contributed by atoms with Crippen LogP contribution >= 0.6 is 23.4 Å². The van der Waals surface area contributed by atoms with E-state index in [4.69, 9.17) is 25.8 Å². The summed E-state index contributed by atoms with van der Waals surface area (Å²) in [6.45, 7) is 5.05. The van der Waals surface area contributed by atoms with Gasteiger partial charge in [0.1, 0.15) is 30.0 Å². The second kappa shape index (κ2) is 9.18. The van der Waals surface area contributed by atoms with Gasteiger partial charge in [0, 0.05) is 35.4 Å². The molecule has 2 heterocycles. The van der Waals surface area contributed by atoms with Crippen LogP contribution in [0.15, 0.2) is 41.6 Å². The van der Waals surface area contributed by atoms with E-state index in [0.29, 0.717) is 24.0 Å². The van der Waals surface area contributed by atoms with Crippen LogP contribution in [0.3, 0.4) is 0 Å². The molecule has 1 aromatic heterocycles. The number of fused-ring (bicyclic) bond motifs is 1. The van der Waals surface area contributed by atoms with Gasteiger partial charge in [-0.2, -0.15) is 0 Å². The third-order valence-corrected chi connectivity index (χ3v) is 6.16. The molecule has 2 aromatic carbocycles. The molecular formula is C22H24ClN3O3S. The van der Waals surface area contributed by atoms with Gasteiger partial charge in [-0.15, -0.1) is 10.2 Å². The van der Waals surface area contributed by atoms with Crippen LogP contribution in [-0.2, 0) is 25.8 Å². The standard InChI is InChI=1S/C22H24ClN3O3S/c1-4-27-19-10-15-9-14(2)29-20(15)11-16(19)13-30-22-25-24-21(26(22)3)12-28-18-7-5-17(23)6-8-18/h5-8,10-11,14H,4,9,12-13H2,1-3H3. The molecule has 0 fully saturated rings. The fourth-order valence-corrected chi connectivity index (χ4v) is 4.34. The zero-order chi connectivity index (χ0) is 21.1. The van der Waals surface area contributed by atoms with Crippen molar-refractivity contribution in [3.8, 4) is 17.2 Å². The van der Waals surface area contributed by atoms with Crippen molar-refractivity contribution in [3.05, 3.63) is 58.4 Å². The summed E-state index contributed by atoms with van der Waals surface area (Å²) in [5, 5.41) is 10.1. The Balaban J connectivity index is 1.43. The maximum atomic E-state index is 5.92. The number of halogens is 1. The van der Waals surface area contributed by atoms with Crippen LogP contribution < -0.4 is 14.2 Å². The highest BCUT2D eigenvalue weighted by Crippen LogP contribution is 2.37. The first kappa shape index (κ1) is 20.9. The molecule has 0 amide bonds. The molecule has 0 spiro atoms. The molecule has 0 radical (unpaired) electrons. The smallest absolute Gasteiger partial charge is 0.191 e. The second-order valence-corrected chi connectivity index (χ2v) is 8.50. The summed E-state index contributed by atoms with van der Waals surface area (Å²) in [6, 6.07) is 11.5. The van der Waals surface area contributed by atoms with Gasteiger partial charge < -0.3 is 18.8 Å². The Morgan fingerprint density at radius 2 is 2.00 bits per heavy atom. The third kappa shape index (κ3) is 4.68. The quantitative estimate of drug-likeness (QED) is 0.451.